The fraction of sp³-hybridized carbons (Fsp3) is 0.250. The standard InChI is InChI=1S/C8H10O2S/c1-11-7-3-2-6(5-9)8(10)4-7/h2-4,9-10H,5H2,1H3. The van der Waals surface area contributed by atoms with Crippen LogP contribution < -0.4 is 0 Å². The van der Waals surface area contributed by atoms with Crippen LogP contribution in [-0.4, -0.2) is 16.5 Å². The van der Waals surface area contributed by atoms with Crippen molar-refractivity contribution < 1.29 is 10.2 Å². The Balaban J connectivity index is 2.99. The van der Waals surface area contributed by atoms with Crippen molar-refractivity contribution in [3.8, 4) is 5.75 Å². The smallest absolute Gasteiger partial charge is 0.122 e. The van der Waals surface area contributed by atoms with Gasteiger partial charge in [0.1, 0.15) is 5.75 Å². The highest BCUT2D eigenvalue weighted by Crippen LogP contribution is 2.23. The summed E-state index contributed by atoms with van der Waals surface area (Å²) in [6.07, 6.45) is 1.94. The van der Waals surface area contributed by atoms with E-state index in [9.17, 15) is 5.11 Å². The lowest BCUT2D eigenvalue weighted by Gasteiger charge is -2.01. The molecule has 0 radical (unpaired) electrons. The van der Waals surface area contributed by atoms with Gasteiger partial charge < -0.3 is 10.2 Å². The molecule has 0 aliphatic rings. The van der Waals surface area contributed by atoms with Gasteiger partial charge in [-0.15, -0.1) is 11.8 Å². The van der Waals surface area contributed by atoms with E-state index in [-0.39, 0.29) is 12.4 Å². The van der Waals surface area contributed by atoms with Gasteiger partial charge >= 0.3 is 0 Å². The summed E-state index contributed by atoms with van der Waals surface area (Å²) >= 11 is 1.56. The van der Waals surface area contributed by atoms with E-state index in [1.807, 2.05) is 12.3 Å². The van der Waals surface area contributed by atoms with Crippen LogP contribution in [-0.2, 0) is 6.61 Å². The van der Waals surface area contributed by atoms with E-state index in [1.165, 1.54) is 0 Å². The van der Waals surface area contributed by atoms with Crippen LogP contribution in [0.1, 0.15) is 5.56 Å². The topological polar surface area (TPSA) is 40.5 Å². The largest absolute Gasteiger partial charge is 0.508 e. The normalized spacial score (nSPS) is 10.0. The summed E-state index contributed by atoms with van der Waals surface area (Å²) in [7, 11) is 0. The number of aliphatic hydroxyl groups excluding tert-OH is 1. The van der Waals surface area contributed by atoms with Gasteiger partial charge in [0.15, 0.2) is 0 Å². The van der Waals surface area contributed by atoms with Gasteiger partial charge in [-0.05, 0) is 18.4 Å². The zero-order valence-electron chi connectivity index (χ0n) is 6.24. The first-order valence-electron chi connectivity index (χ1n) is 3.24. The summed E-state index contributed by atoms with van der Waals surface area (Å²) in [6, 6.07) is 5.24. The summed E-state index contributed by atoms with van der Waals surface area (Å²) in [5.41, 5.74) is 0.572. The van der Waals surface area contributed by atoms with Crippen molar-refractivity contribution in [3.05, 3.63) is 23.8 Å². The molecule has 0 amide bonds. The second-order valence-electron chi connectivity index (χ2n) is 2.15. The molecule has 2 nitrogen and oxygen atoms in total. The minimum absolute atomic E-state index is 0.111. The van der Waals surface area contributed by atoms with Gasteiger partial charge in [0, 0.05) is 10.5 Å². The zero-order chi connectivity index (χ0) is 8.27. The van der Waals surface area contributed by atoms with E-state index in [0.717, 1.165) is 4.90 Å². The molecule has 0 aliphatic heterocycles. The van der Waals surface area contributed by atoms with Crippen LogP contribution in [0.4, 0.5) is 0 Å². The number of thioether (sulfide) groups is 1. The maximum absolute atomic E-state index is 9.25. The van der Waals surface area contributed by atoms with Crippen molar-refractivity contribution in [1.82, 2.24) is 0 Å². The predicted octanol–water partition coefficient (Wildman–Crippen LogP) is 1.61. The fourth-order valence-electron chi connectivity index (χ4n) is 0.804. The summed E-state index contributed by atoms with van der Waals surface area (Å²) in [6.45, 7) is -0.111. The van der Waals surface area contributed by atoms with Crippen molar-refractivity contribution in [3.63, 3.8) is 0 Å². The molecule has 1 rings (SSSR count). The Morgan fingerprint density at radius 2 is 2.18 bits per heavy atom. The van der Waals surface area contributed by atoms with Crippen LogP contribution in [0.3, 0.4) is 0 Å². The molecule has 3 heteroatoms. The van der Waals surface area contributed by atoms with Crippen molar-refractivity contribution in [1.29, 1.82) is 0 Å². The van der Waals surface area contributed by atoms with Gasteiger partial charge in [-0.25, -0.2) is 0 Å². The van der Waals surface area contributed by atoms with Gasteiger partial charge in [0.25, 0.3) is 0 Å². The molecule has 0 spiro atoms. The molecule has 1 aromatic carbocycles. The van der Waals surface area contributed by atoms with Gasteiger partial charge in [0.2, 0.25) is 0 Å². The van der Waals surface area contributed by atoms with E-state index in [0.29, 0.717) is 5.56 Å². The van der Waals surface area contributed by atoms with E-state index < -0.39 is 0 Å². The lowest BCUT2D eigenvalue weighted by Crippen LogP contribution is -1.83. The minimum atomic E-state index is -0.111. The Hall–Kier alpha value is -0.670. The Morgan fingerprint density at radius 1 is 1.45 bits per heavy atom. The highest BCUT2D eigenvalue weighted by Gasteiger charge is 1.99. The third-order valence-electron chi connectivity index (χ3n) is 1.46. The van der Waals surface area contributed by atoms with Crippen molar-refractivity contribution in [2.45, 2.75) is 11.5 Å². The van der Waals surface area contributed by atoms with E-state index in [2.05, 4.69) is 0 Å². The van der Waals surface area contributed by atoms with Crippen molar-refractivity contribution in [2.24, 2.45) is 0 Å². The minimum Gasteiger partial charge on any atom is -0.508 e. The van der Waals surface area contributed by atoms with Gasteiger partial charge in [-0.1, -0.05) is 6.07 Å². The molecule has 11 heavy (non-hydrogen) atoms. The molecule has 0 unspecified atom stereocenters. The summed E-state index contributed by atoms with van der Waals surface area (Å²) in [5, 5.41) is 18.0. The number of aromatic hydroxyl groups is 1. The predicted molar refractivity (Wildman–Crippen MR) is 45.8 cm³/mol. The number of phenols is 1. The van der Waals surface area contributed by atoms with Crippen molar-refractivity contribution in [2.75, 3.05) is 6.26 Å². The number of hydrogen-bond donors (Lipinski definition) is 2. The van der Waals surface area contributed by atoms with Crippen molar-refractivity contribution >= 4 is 11.8 Å². The average molecular weight is 170 g/mol. The lowest BCUT2D eigenvalue weighted by atomic mass is 10.2. The Morgan fingerprint density at radius 3 is 2.64 bits per heavy atom. The number of aliphatic hydroxyl groups is 1. The van der Waals surface area contributed by atoms with Crippen LogP contribution in [0, 0.1) is 0 Å². The highest BCUT2D eigenvalue weighted by atomic mass is 32.2. The molecular formula is C8H10O2S. The maximum Gasteiger partial charge on any atom is 0.122 e. The molecule has 0 aromatic heterocycles. The molecule has 2 N–H and O–H groups in total. The SMILES string of the molecule is CSc1ccc(CO)c(O)c1. The fourth-order valence-corrected chi connectivity index (χ4v) is 1.24. The molecule has 0 aliphatic carbocycles. The number of rotatable bonds is 2. The van der Waals surface area contributed by atoms with Crippen LogP contribution in [0.25, 0.3) is 0 Å². The van der Waals surface area contributed by atoms with Crippen LogP contribution in [0.5, 0.6) is 5.75 Å². The molecule has 60 valence electrons. The van der Waals surface area contributed by atoms with Gasteiger partial charge in [-0.2, -0.15) is 0 Å². The van der Waals surface area contributed by atoms with Gasteiger partial charge in [-0.3, -0.25) is 0 Å². The maximum atomic E-state index is 9.25. The van der Waals surface area contributed by atoms with E-state index in [4.69, 9.17) is 5.11 Å². The Bertz CT molecular complexity index is 248. The second kappa shape index (κ2) is 3.64. The van der Waals surface area contributed by atoms with E-state index >= 15 is 0 Å². The molecule has 0 fully saturated rings. The highest BCUT2D eigenvalue weighted by molar-refractivity contribution is 7.98. The van der Waals surface area contributed by atoms with E-state index in [1.54, 1.807) is 23.9 Å². The quantitative estimate of drug-likeness (QED) is 0.662. The number of hydrogen-bond acceptors (Lipinski definition) is 3. The molecule has 0 atom stereocenters. The zero-order valence-corrected chi connectivity index (χ0v) is 7.06. The molecular weight excluding hydrogens is 160 g/mol. The second-order valence-corrected chi connectivity index (χ2v) is 3.03. The molecule has 1 aromatic rings. The molecule has 0 bridgehead atoms. The van der Waals surface area contributed by atoms with Crippen LogP contribution in [0.2, 0.25) is 0 Å². The molecule has 0 saturated carbocycles. The first-order valence-corrected chi connectivity index (χ1v) is 4.47. The average Bonchev–Trinajstić information content (AvgIpc) is 2.04. The Kier molecular flexibility index (Phi) is 2.79. The summed E-state index contributed by atoms with van der Waals surface area (Å²) < 4.78 is 0. The van der Waals surface area contributed by atoms with Crippen LogP contribution in [0.15, 0.2) is 23.1 Å². The monoisotopic (exact) mass is 170 g/mol. The van der Waals surface area contributed by atoms with Crippen LogP contribution >= 0.6 is 11.8 Å². The molecule has 0 saturated heterocycles. The third kappa shape index (κ3) is 1.88. The number of benzene rings is 1. The first-order chi connectivity index (χ1) is 5.27. The summed E-state index contributed by atoms with van der Waals surface area (Å²) in [5.74, 6) is 0.166. The molecule has 0 heterocycles. The lowest BCUT2D eigenvalue weighted by molar-refractivity contribution is 0.275. The summed E-state index contributed by atoms with van der Waals surface area (Å²) in [4.78, 5) is 1.000. The first kappa shape index (κ1) is 8.43. The van der Waals surface area contributed by atoms with Gasteiger partial charge in [0.05, 0.1) is 6.61 Å². The Labute approximate surface area is 69.9 Å². The third-order valence-corrected chi connectivity index (χ3v) is 2.19.